The van der Waals surface area contributed by atoms with E-state index in [1.165, 1.54) is 18.2 Å². The van der Waals surface area contributed by atoms with Crippen molar-refractivity contribution in [2.45, 2.75) is 13.0 Å². The predicted octanol–water partition coefficient (Wildman–Crippen LogP) is 5.27. The normalized spacial score (nSPS) is 13.9. The van der Waals surface area contributed by atoms with Gasteiger partial charge >= 0.3 is 0 Å². The molecule has 0 saturated carbocycles. The molecule has 2 aliphatic heterocycles. The number of halogens is 1. The Hall–Kier alpha value is -4.59. The van der Waals surface area contributed by atoms with Gasteiger partial charge < -0.3 is 24.1 Å². The van der Waals surface area contributed by atoms with Gasteiger partial charge in [-0.25, -0.2) is 4.39 Å². The molecule has 0 saturated heterocycles. The molecule has 4 aromatic rings. The summed E-state index contributed by atoms with van der Waals surface area (Å²) in [6.45, 7) is 1.12. The standard InChI is InChI=1S/C28H21FN2O5/c29-22-7-2-1-6-21(22)27(32)30-20-5-3-4-17(12-20)25-14-19-15-31(11-10-23(19)36-25)28(33)18-8-9-24-26(13-18)35-16-34-24/h1-9,12-14H,10-11,15-16H2,(H,30,32). The summed E-state index contributed by atoms with van der Waals surface area (Å²) in [5.41, 5.74) is 2.75. The summed E-state index contributed by atoms with van der Waals surface area (Å²) in [6.07, 6.45) is 0.593. The summed E-state index contributed by atoms with van der Waals surface area (Å²) < 4.78 is 30.8. The summed E-state index contributed by atoms with van der Waals surface area (Å²) >= 11 is 0. The van der Waals surface area contributed by atoms with Crippen molar-refractivity contribution in [2.24, 2.45) is 0 Å². The van der Waals surface area contributed by atoms with Gasteiger partial charge in [-0.1, -0.05) is 24.3 Å². The molecule has 0 aliphatic carbocycles. The molecule has 0 bridgehead atoms. The number of amides is 2. The lowest BCUT2D eigenvalue weighted by atomic mass is 10.1. The molecule has 1 N–H and O–H groups in total. The van der Waals surface area contributed by atoms with E-state index in [1.54, 1.807) is 47.4 Å². The number of hydrogen-bond acceptors (Lipinski definition) is 5. The van der Waals surface area contributed by atoms with Gasteiger partial charge in [0.15, 0.2) is 11.5 Å². The lowest BCUT2D eigenvalue weighted by Gasteiger charge is -2.26. The van der Waals surface area contributed by atoms with E-state index >= 15 is 0 Å². The predicted molar refractivity (Wildman–Crippen MR) is 130 cm³/mol. The number of nitrogens with one attached hydrogen (secondary N) is 1. The number of nitrogens with zero attached hydrogens (tertiary/aromatic N) is 1. The third kappa shape index (κ3) is 4.07. The molecule has 2 aliphatic rings. The summed E-state index contributed by atoms with van der Waals surface area (Å²) in [4.78, 5) is 27.4. The SMILES string of the molecule is O=C(Nc1cccc(-c2cc3c(o2)CCN(C(=O)c2ccc4c(c2)OCO4)C3)c1)c1ccccc1F. The van der Waals surface area contributed by atoms with Crippen LogP contribution in [-0.4, -0.2) is 30.1 Å². The smallest absolute Gasteiger partial charge is 0.258 e. The fourth-order valence-corrected chi connectivity index (χ4v) is 4.45. The second-order valence-corrected chi connectivity index (χ2v) is 8.62. The Bertz CT molecular complexity index is 1500. The summed E-state index contributed by atoms with van der Waals surface area (Å²) in [5, 5.41) is 2.74. The molecule has 0 radical (unpaired) electrons. The largest absolute Gasteiger partial charge is 0.461 e. The number of carbonyl (C=O) groups is 2. The van der Waals surface area contributed by atoms with Gasteiger partial charge in [-0.3, -0.25) is 9.59 Å². The van der Waals surface area contributed by atoms with E-state index in [0.29, 0.717) is 48.0 Å². The van der Waals surface area contributed by atoms with Crippen molar-refractivity contribution in [1.82, 2.24) is 4.90 Å². The number of carbonyl (C=O) groups excluding carboxylic acids is 2. The second-order valence-electron chi connectivity index (χ2n) is 8.62. The zero-order valence-electron chi connectivity index (χ0n) is 19.1. The van der Waals surface area contributed by atoms with Crippen LogP contribution in [0.2, 0.25) is 0 Å². The van der Waals surface area contributed by atoms with E-state index in [0.717, 1.165) is 16.9 Å². The zero-order chi connectivity index (χ0) is 24.6. The van der Waals surface area contributed by atoms with Crippen LogP contribution >= 0.6 is 0 Å². The number of anilines is 1. The van der Waals surface area contributed by atoms with Gasteiger partial charge in [-0.15, -0.1) is 0 Å². The Morgan fingerprint density at radius 2 is 1.78 bits per heavy atom. The van der Waals surface area contributed by atoms with Crippen LogP contribution in [0.1, 0.15) is 32.0 Å². The number of ether oxygens (including phenoxy) is 2. The molecule has 0 atom stereocenters. The highest BCUT2D eigenvalue weighted by molar-refractivity contribution is 6.04. The minimum absolute atomic E-state index is 0.0245. The Kier molecular flexibility index (Phi) is 5.41. The highest BCUT2D eigenvalue weighted by Gasteiger charge is 2.26. The molecule has 0 fully saturated rings. The summed E-state index contributed by atoms with van der Waals surface area (Å²) in [7, 11) is 0. The molecule has 0 spiro atoms. The van der Waals surface area contributed by atoms with Crippen molar-refractivity contribution in [3.8, 4) is 22.8 Å². The minimum Gasteiger partial charge on any atom is -0.461 e. The van der Waals surface area contributed by atoms with Crippen molar-refractivity contribution in [2.75, 3.05) is 18.7 Å². The zero-order valence-corrected chi connectivity index (χ0v) is 19.1. The number of benzene rings is 3. The lowest BCUT2D eigenvalue weighted by molar-refractivity contribution is 0.0729. The van der Waals surface area contributed by atoms with E-state index in [1.807, 2.05) is 12.1 Å². The third-order valence-corrected chi connectivity index (χ3v) is 6.30. The Morgan fingerprint density at radius 1 is 0.917 bits per heavy atom. The third-order valence-electron chi connectivity index (χ3n) is 6.30. The minimum atomic E-state index is -0.579. The van der Waals surface area contributed by atoms with Crippen LogP contribution < -0.4 is 14.8 Å². The number of fused-ring (bicyclic) bond motifs is 2. The molecule has 1 aromatic heterocycles. The average Bonchev–Trinajstić information content (AvgIpc) is 3.54. The molecule has 0 unspecified atom stereocenters. The van der Waals surface area contributed by atoms with Crippen LogP contribution in [0.3, 0.4) is 0 Å². The fraction of sp³-hybridized carbons (Fsp3) is 0.143. The van der Waals surface area contributed by atoms with Gasteiger partial charge in [-0.2, -0.15) is 0 Å². The molecule has 3 heterocycles. The average molecular weight is 484 g/mol. The first kappa shape index (κ1) is 21.9. The molecule has 2 amide bonds. The van der Waals surface area contributed by atoms with Crippen LogP contribution in [0.4, 0.5) is 10.1 Å². The topological polar surface area (TPSA) is 81.0 Å². The maximum Gasteiger partial charge on any atom is 0.258 e. The van der Waals surface area contributed by atoms with E-state index in [9.17, 15) is 14.0 Å². The van der Waals surface area contributed by atoms with Gasteiger partial charge in [0, 0.05) is 41.9 Å². The van der Waals surface area contributed by atoms with Crippen molar-refractivity contribution in [1.29, 1.82) is 0 Å². The molecule has 8 heteroatoms. The Morgan fingerprint density at radius 3 is 2.67 bits per heavy atom. The number of hydrogen-bond donors (Lipinski definition) is 1. The highest BCUT2D eigenvalue weighted by atomic mass is 19.1. The van der Waals surface area contributed by atoms with Gasteiger partial charge in [0.2, 0.25) is 6.79 Å². The Balaban J connectivity index is 1.19. The van der Waals surface area contributed by atoms with E-state index in [4.69, 9.17) is 13.9 Å². The molecule has 36 heavy (non-hydrogen) atoms. The highest BCUT2D eigenvalue weighted by Crippen LogP contribution is 2.34. The van der Waals surface area contributed by atoms with Crippen LogP contribution in [0.15, 0.2) is 77.2 Å². The van der Waals surface area contributed by atoms with Crippen molar-refractivity contribution < 1.29 is 27.9 Å². The molecule has 180 valence electrons. The van der Waals surface area contributed by atoms with Crippen LogP contribution in [-0.2, 0) is 13.0 Å². The van der Waals surface area contributed by atoms with Crippen LogP contribution in [0, 0.1) is 5.82 Å². The van der Waals surface area contributed by atoms with Crippen molar-refractivity contribution in [3.63, 3.8) is 0 Å². The maximum atomic E-state index is 14.0. The molecular formula is C28H21FN2O5. The molecule has 7 nitrogen and oxygen atoms in total. The number of rotatable bonds is 4. The van der Waals surface area contributed by atoms with Crippen LogP contribution in [0.5, 0.6) is 11.5 Å². The van der Waals surface area contributed by atoms with Crippen LogP contribution in [0.25, 0.3) is 11.3 Å². The lowest BCUT2D eigenvalue weighted by Crippen LogP contribution is -2.35. The fourth-order valence-electron chi connectivity index (χ4n) is 4.45. The first-order chi connectivity index (χ1) is 17.5. The molecular weight excluding hydrogens is 463 g/mol. The Labute approximate surface area is 206 Å². The molecule has 3 aromatic carbocycles. The number of furan rings is 1. The van der Waals surface area contributed by atoms with E-state index < -0.39 is 11.7 Å². The maximum absolute atomic E-state index is 14.0. The van der Waals surface area contributed by atoms with Gasteiger partial charge in [0.05, 0.1) is 5.56 Å². The first-order valence-corrected chi connectivity index (χ1v) is 11.5. The van der Waals surface area contributed by atoms with Crippen molar-refractivity contribution >= 4 is 17.5 Å². The quantitative estimate of drug-likeness (QED) is 0.427. The summed E-state index contributed by atoms with van der Waals surface area (Å²) in [5.74, 6) is 1.50. The second kappa shape index (κ2) is 8.88. The van der Waals surface area contributed by atoms with E-state index in [2.05, 4.69) is 5.32 Å². The monoisotopic (exact) mass is 484 g/mol. The molecule has 6 rings (SSSR count). The van der Waals surface area contributed by atoms with Gasteiger partial charge in [0.25, 0.3) is 11.8 Å². The van der Waals surface area contributed by atoms with E-state index in [-0.39, 0.29) is 18.3 Å². The van der Waals surface area contributed by atoms with Gasteiger partial charge in [0.1, 0.15) is 17.3 Å². The van der Waals surface area contributed by atoms with Gasteiger partial charge in [-0.05, 0) is 48.5 Å². The summed E-state index contributed by atoms with van der Waals surface area (Å²) in [6, 6.07) is 20.1. The van der Waals surface area contributed by atoms with Crippen molar-refractivity contribution in [3.05, 3.63) is 101 Å². The first-order valence-electron chi connectivity index (χ1n) is 11.5.